The van der Waals surface area contributed by atoms with Gasteiger partial charge in [0.2, 0.25) is 15.9 Å². The number of hydrogen-bond acceptors (Lipinski definition) is 7. The van der Waals surface area contributed by atoms with Gasteiger partial charge in [0, 0.05) is 19.6 Å². The van der Waals surface area contributed by atoms with Crippen LogP contribution in [-0.2, 0) is 16.6 Å². The number of thioether (sulfide) groups is 1. The molecule has 1 atom stereocenters. The molecule has 3 rings (SSSR count). The fourth-order valence-electron chi connectivity index (χ4n) is 3.04. The number of hydrogen-bond donors (Lipinski definition) is 0. The molecule has 0 N–H and O–H groups in total. The number of nitrogens with zero attached hydrogens (tertiary/aromatic N) is 5. The standard InChI is InChI=1S/C18H25N5O3S2/c1-6-22(7-2)28(24,25)14-9-10-16-15(11-14)20-18(23(16)8-3)27-12(4)17-19-13(5)21-26-17/h9-12H,6-8H2,1-5H3. The van der Waals surface area contributed by atoms with Crippen molar-refractivity contribution in [3.63, 3.8) is 0 Å². The average molecular weight is 424 g/mol. The summed E-state index contributed by atoms with van der Waals surface area (Å²) in [5.74, 6) is 1.14. The van der Waals surface area contributed by atoms with Crippen LogP contribution in [0.5, 0.6) is 0 Å². The highest BCUT2D eigenvalue weighted by molar-refractivity contribution is 7.99. The maximum Gasteiger partial charge on any atom is 0.243 e. The first-order chi connectivity index (χ1) is 13.3. The Morgan fingerprint density at radius 3 is 2.50 bits per heavy atom. The van der Waals surface area contributed by atoms with Crippen molar-refractivity contribution in [3.8, 4) is 0 Å². The van der Waals surface area contributed by atoms with Crippen LogP contribution < -0.4 is 0 Å². The van der Waals surface area contributed by atoms with Gasteiger partial charge in [0.1, 0.15) is 0 Å². The van der Waals surface area contributed by atoms with E-state index in [9.17, 15) is 8.42 Å². The second-order valence-corrected chi connectivity index (χ2v) is 9.56. The van der Waals surface area contributed by atoms with Gasteiger partial charge >= 0.3 is 0 Å². The lowest BCUT2D eigenvalue weighted by Gasteiger charge is -2.18. The number of sulfonamides is 1. The normalized spacial score (nSPS) is 13.5. The highest BCUT2D eigenvalue weighted by atomic mass is 32.2. The molecule has 3 aromatic rings. The van der Waals surface area contributed by atoms with E-state index in [1.807, 2.05) is 33.8 Å². The van der Waals surface area contributed by atoms with E-state index in [-0.39, 0.29) is 10.1 Å². The van der Waals surface area contributed by atoms with Gasteiger partial charge in [0.05, 0.1) is 21.2 Å². The van der Waals surface area contributed by atoms with E-state index in [0.29, 0.717) is 30.3 Å². The Balaban J connectivity index is 1.99. The van der Waals surface area contributed by atoms with Crippen LogP contribution in [0, 0.1) is 6.92 Å². The minimum atomic E-state index is -3.52. The van der Waals surface area contributed by atoms with Crippen LogP contribution in [0.3, 0.4) is 0 Å². The molecule has 0 spiro atoms. The molecule has 2 heterocycles. The minimum absolute atomic E-state index is 0.0674. The summed E-state index contributed by atoms with van der Waals surface area (Å²) in [6.07, 6.45) is 0. The zero-order valence-corrected chi connectivity index (χ0v) is 18.3. The Bertz CT molecular complexity index is 1070. The fraction of sp³-hybridized carbons (Fsp3) is 0.500. The lowest BCUT2D eigenvalue weighted by molar-refractivity contribution is 0.376. The molecule has 0 aliphatic carbocycles. The molecule has 8 nitrogen and oxygen atoms in total. The monoisotopic (exact) mass is 423 g/mol. The van der Waals surface area contributed by atoms with E-state index < -0.39 is 10.0 Å². The highest BCUT2D eigenvalue weighted by Gasteiger charge is 2.24. The van der Waals surface area contributed by atoms with Crippen LogP contribution in [0.2, 0.25) is 0 Å². The van der Waals surface area contributed by atoms with Crippen molar-refractivity contribution in [3.05, 3.63) is 29.9 Å². The first-order valence-corrected chi connectivity index (χ1v) is 11.6. The lowest BCUT2D eigenvalue weighted by Crippen LogP contribution is -2.30. The van der Waals surface area contributed by atoms with Gasteiger partial charge < -0.3 is 9.09 Å². The van der Waals surface area contributed by atoms with Crippen LogP contribution in [0.1, 0.15) is 44.7 Å². The maximum absolute atomic E-state index is 12.8. The van der Waals surface area contributed by atoms with E-state index in [1.165, 1.54) is 16.1 Å². The van der Waals surface area contributed by atoms with Crippen LogP contribution in [0.25, 0.3) is 11.0 Å². The summed E-state index contributed by atoms with van der Waals surface area (Å²) in [5, 5.41) is 4.56. The Kier molecular flexibility index (Phi) is 6.11. The SMILES string of the molecule is CCN(CC)S(=O)(=O)c1ccc2c(c1)nc(SC(C)c1nc(C)no1)n2CC. The van der Waals surface area contributed by atoms with Crippen LogP contribution in [0.15, 0.2) is 32.8 Å². The summed E-state index contributed by atoms with van der Waals surface area (Å²) >= 11 is 1.51. The van der Waals surface area contributed by atoms with Crippen molar-refractivity contribution >= 4 is 32.8 Å². The smallest absolute Gasteiger partial charge is 0.243 e. The van der Waals surface area contributed by atoms with Crippen LogP contribution in [-0.4, -0.2) is 45.5 Å². The molecule has 0 saturated carbocycles. The maximum atomic E-state index is 12.8. The van der Waals surface area contributed by atoms with Gasteiger partial charge in [-0.15, -0.1) is 0 Å². The van der Waals surface area contributed by atoms with Gasteiger partial charge in [0.25, 0.3) is 0 Å². The zero-order chi connectivity index (χ0) is 20.5. The van der Waals surface area contributed by atoms with Gasteiger partial charge in [-0.05, 0) is 39.0 Å². The quantitative estimate of drug-likeness (QED) is 0.511. The van der Waals surface area contributed by atoms with E-state index >= 15 is 0 Å². The summed E-state index contributed by atoms with van der Waals surface area (Å²) in [4.78, 5) is 9.24. The van der Waals surface area contributed by atoms with Crippen molar-refractivity contribution in [2.75, 3.05) is 13.1 Å². The molecule has 10 heteroatoms. The molecular formula is C18H25N5O3S2. The number of aromatic nitrogens is 4. The van der Waals surface area contributed by atoms with Crippen molar-refractivity contribution in [1.29, 1.82) is 0 Å². The summed E-state index contributed by atoms with van der Waals surface area (Å²) in [6.45, 7) is 11.0. The summed E-state index contributed by atoms with van der Waals surface area (Å²) in [6, 6.07) is 5.14. The topological polar surface area (TPSA) is 94.1 Å². The first-order valence-electron chi connectivity index (χ1n) is 9.29. The van der Waals surface area contributed by atoms with Gasteiger partial charge in [0.15, 0.2) is 11.0 Å². The number of imidazole rings is 1. The van der Waals surface area contributed by atoms with E-state index in [2.05, 4.69) is 14.7 Å². The number of aryl methyl sites for hydroxylation is 2. The third kappa shape index (κ3) is 3.81. The molecule has 0 aliphatic heterocycles. The van der Waals surface area contributed by atoms with E-state index in [4.69, 9.17) is 9.51 Å². The fourth-order valence-corrected chi connectivity index (χ4v) is 5.54. The predicted molar refractivity (Wildman–Crippen MR) is 109 cm³/mol. The number of benzene rings is 1. The van der Waals surface area contributed by atoms with Crippen LogP contribution >= 0.6 is 11.8 Å². The molecule has 0 radical (unpaired) electrons. The Morgan fingerprint density at radius 2 is 1.93 bits per heavy atom. The van der Waals surface area contributed by atoms with Crippen molar-refractivity contribution in [1.82, 2.24) is 24.0 Å². The van der Waals surface area contributed by atoms with Gasteiger partial charge in [-0.1, -0.05) is 30.8 Å². The molecule has 28 heavy (non-hydrogen) atoms. The van der Waals surface area contributed by atoms with Crippen LogP contribution in [0.4, 0.5) is 0 Å². The Morgan fingerprint density at radius 1 is 1.21 bits per heavy atom. The predicted octanol–water partition coefficient (Wildman–Crippen LogP) is 3.63. The minimum Gasteiger partial charge on any atom is -0.338 e. The molecule has 0 fully saturated rings. The Labute approximate surface area is 169 Å². The molecule has 1 unspecified atom stereocenters. The average Bonchev–Trinajstić information content (AvgIpc) is 3.24. The summed E-state index contributed by atoms with van der Waals surface area (Å²) < 4.78 is 34.4. The molecule has 0 bridgehead atoms. The van der Waals surface area contributed by atoms with Gasteiger partial charge in [-0.2, -0.15) is 9.29 Å². The molecule has 152 valence electrons. The van der Waals surface area contributed by atoms with E-state index in [0.717, 1.165) is 17.2 Å². The second-order valence-electron chi connectivity index (χ2n) is 6.32. The van der Waals surface area contributed by atoms with Crippen molar-refractivity contribution in [2.24, 2.45) is 0 Å². The third-order valence-corrected chi connectivity index (χ3v) is 7.64. The van der Waals surface area contributed by atoms with Gasteiger partial charge in [-0.25, -0.2) is 13.4 Å². The molecule has 0 saturated heterocycles. The lowest BCUT2D eigenvalue weighted by atomic mass is 10.3. The summed E-state index contributed by atoms with van der Waals surface area (Å²) in [5.41, 5.74) is 1.56. The highest BCUT2D eigenvalue weighted by Crippen LogP contribution is 2.35. The van der Waals surface area contributed by atoms with Crippen molar-refractivity contribution < 1.29 is 12.9 Å². The summed E-state index contributed by atoms with van der Waals surface area (Å²) in [7, 11) is -3.52. The van der Waals surface area contributed by atoms with E-state index in [1.54, 1.807) is 19.1 Å². The molecule has 0 aliphatic rings. The second kappa shape index (κ2) is 8.22. The molecule has 0 amide bonds. The number of rotatable bonds is 8. The largest absolute Gasteiger partial charge is 0.338 e. The molecule has 2 aromatic heterocycles. The van der Waals surface area contributed by atoms with Crippen molar-refractivity contribution in [2.45, 2.75) is 56.5 Å². The molecular weight excluding hydrogens is 398 g/mol. The third-order valence-electron chi connectivity index (χ3n) is 4.52. The Hall–Kier alpha value is -1.91. The number of fused-ring (bicyclic) bond motifs is 1. The zero-order valence-electron chi connectivity index (χ0n) is 16.7. The van der Waals surface area contributed by atoms with Gasteiger partial charge in [-0.3, -0.25) is 0 Å². The molecule has 1 aromatic carbocycles. The first kappa shape index (κ1) is 20.8.